The van der Waals surface area contributed by atoms with E-state index in [2.05, 4.69) is 10.3 Å². The number of nitrogens with one attached hydrogen (secondary N) is 1. The number of halogens is 1. The number of rotatable bonds is 4. The second kappa shape index (κ2) is 6.55. The summed E-state index contributed by atoms with van der Waals surface area (Å²) in [5.41, 5.74) is 1.23. The number of nitrogens with zero attached hydrogens (tertiary/aromatic N) is 2. The van der Waals surface area contributed by atoms with Gasteiger partial charge in [0.15, 0.2) is 5.58 Å². The normalized spacial score (nSPS) is 11.3. The van der Waals surface area contributed by atoms with Crippen LogP contribution in [0.1, 0.15) is 16.2 Å². The van der Waals surface area contributed by atoms with Crippen molar-refractivity contribution >= 4 is 39.9 Å². The Morgan fingerprint density at radius 2 is 2.12 bits per heavy atom. The fraction of sp³-hybridized carbons (Fsp3) is 0. The van der Waals surface area contributed by atoms with Crippen LogP contribution >= 0.6 is 11.6 Å². The average molecular weight is 356 g/mol. The molecule has 0 unspecified atom stereocenters. The van der Waals surface area contributed by atoms with Gasteiger partial charge >= 0.3 is 5.97 Å². The third-order valence-corrected chi connectivity index (χ3v) is 3.55. The molecule has 0 atom stereocenters. The van der Waals surface area contributed by atoms with E-state index in [4.69, 9.17) is 21.1 Å². The molecule has 0 fully saturated rings. The number of hydrogen-bond acceptors (Lipinski definition) is 6. The summed E-state index contributed by atoms with van der Waals surface area (Å²) in [6.07, 6.45) is 1.34. The summed E-state index contributed by atoms with van der Waals surface area (Å²) < 4.78 is 5.51. The summed E-state index contributed by atoms with van der Waals surface area (Å²) in [5, 5.41) is 31.1. The van der Waals surface area contributed by atoms with Crippen LogP contribution in [0.4, 0.5) is 5.69 Å². The zero-order valence-electron chi connectivity index (χ0n) is 12.5. The second-order valence-corrected chi connectivity index (χ2v) is 5.42. The molecule has 8 heteroatoms. The average Bonchev–Trinajstić information content (AvgIpc) is 2.99. The number of aromatic carboxylic acids is 1. The van der Waals surface area contributed by atoms with Crippen LogP contribution < -0.4 is 5.32 Å². The largest absolute Gasteiger partial charge is 0.507 e. The van der Waals surface area contributed by atoms with Crippen molar-refractivity contribution in [2.24, 2.45) is 0 Å². The van der Waals surface area contributed by atoms with E-state index in [9.17, 15) is 15.2 Å². The number of benzene rings is 2. The zero-order chi connectivity index (χ0) is 18.0. The summed E-state index contributed by atoms with van der Waals surface area (Å²) in [5.74, 6) is -1.51. The van der Waals surface area contributed by atoms with Crippen LogP contribution in [0.15, 0.2) is 47.0 Å². The number of carboxylic acids is 1. The lowest BCUT2D eigenvalue weighted by molar-refractivity contribution is 0.0694. The molecule has 0 saturated heterocycles. The molecule has 2 aromatic carbocycles. The van der Waals surface area contributed by atoms with E-state index in [-0.39, 0.29) is 22.8 Å². The van der Waals surface area contributed by atoms with Gasteiger partial charge in [0.25, 0.3) is 0 Å². The number of oxazole rings is 1. The number of allylic oxidation sites excluding steroid dienone is 1. The van der Waals surface area contributed by atoms with Crippen LogP contribution in [-0.2, 0) is 0 Å². The molecule has 0 radical (unpaired) electrons. The van der Waals surface area contributed by atoms with Crippen LogP contribution in [0, 0.1) is 11.3 Å². The van der Waals surface area contributed by atoms with Gasteiger partial charge in [0, 0.05) is 16.9 Å². The Morgan fingerprint density at radius 1 is 1.32 bits per heavy atom. The quantitative estimate of drug-likeness (QED) is 0.480. The SMILES string of the molecule is N#CC(=CNc1ccc(O)c(C(=O)O)c1)c1nc2cc(Cl)ccc2o1. The van der Waals surface area contributed by atoms with Crippen molar-refractivity contribution in [2.45, 2.75) is 0 Å². The van der Waals surface area contributed by atoms with Crippen molar-refractivity contribution < 1.29 is 19.4 Å². The van der Waals surface area contributed by atoms with E-state index in [1.807, 2.05) is 6.07 Å². The van der Waals surface area contributed by atoms with Crippen molar-refractivity contribution in [2.75, 3.05) is 5.32 Å². The molecule has 1 heterocycles. The summed E-state index contributed by atoms with van der Waals surface area (Å²) in [6.45, 7) is 0. The van der Waals surface area contributed by atoms with Crippen molar-refractivity contribution in [3.05, 3.63) is 59.1 Å². The van der Waals surface area contributed by atoms with Gasteiger partial charge in [0.2, 0.25) is 5.89 Å². The zero-order valence-corrected chi connectivity index (χ0v) is 13.3. The number of carbonyl (C=O) groups is 1. The minimum absolute atomic E-state index is 0.101. The van der Waals surface area contributed by atoms with E-state index in [0.29, 0.717) is 21.8 Å². The number of phenols is 1. The molecule has 25 heavy (non-hydrogen) atoms. The van der Waals surface area contributed by atoms with Crippen LogP contribution in [0.25, 0.3) is 16.7 Å². The third-order valence-electron chi connectivity index (χ3n) is 3.31. The lowest BCUT2D eigenvalue weighted by atomic mass is 10.2. The molecule has 3 aromatic rings. The van der Waals surface area contributed by atoms with Crippen molar-refractivity contribution in [3.63, 3.8) is 0 Å². The van der Waals surface area contributed by atoms with Gasteiger partial charge in [-0.15, -0.1) is 0 Å². The highest BCUT2D eigenvalue weighted by atomic mass is 35.5. The van der Waals surface area contributed by atoms with Gasteiger partial charge in [-0.25, -0.2) is 9.78 Å². The molecule has 0 amide bonds. The highest BCUT2D eigenvalue weighted by Gasteiger charge is 2.12. The molecule has 0 saturated carbocycles. The van der Waals surface area contributed by atoms with E-state index < -0.39 is 5.97 Å². The Hall–Kier alpha value is -3.50. The summed E-state index contributed by atoms with van der Waals surface area (Å²) >= 11 is 5.89. The van der Waals surface area contributed by atoms with E-state index in [1.165, 1.54) is 24.4 Å². The molecule has 7 nitrogen and oxygen atoms in total. The van der Waals surface area contributed by atoms with Gasteiger partial charge in [0.05, 0.1) is 0 Å². The molecule has 0 aliphatic rings. The first kappa shape index (κ1) is 16.4. The Morgan fingerprint density at radius 3 is 2.84 bits per heavy atom. The van der Waals surface area contributed by atoms with Crippen molar-refractivity contribution in [1.29, 1.82) is 5.26 Å². The van der Waals surface area contributed by atoms with Gasteiger partial charge in [-0.1, -0.05) is 11.6 Å². The molecule has 0 bridgehead atoms. The van der Waals surface area contributed by atoms with E-state index >= 15 is 0 Å². The highest BCUT2D eigenvalue weighted by Crippen LogP contribution is 2.25. The summed E-state index contributed by atoms with van der Waals surface area (Å²) in [7, 11) is 0. The van der Waals surface area contributed by atoms with Gasteiger partial charge in [0.1, 0.15) is 28.5 Å². The summed E-state index contributed by atoms with van der Waals surface area (Å²) in [6, 6.07) is 10.8. The number of aromatic hydroxyl groups is 1. The van der Waals surface area contributed by atoms with Crippen molar-refractivity contribution in [1.82, 2.24) is 4.98 Å². The van der Waals surface area contributed by atoms with Crippen LogP contribution in [0.2, 0.25) is 5.02 Å². The first-order chi connectivity index (χ1) is 12.0. The minimum atomic E-state index is -1.26. The molecule has 3 N–H and O–H groups in total. The first-order valence-electron chi connectivity index (χ1n) is 6.97. The molecule has 1 aromatic heterocycles. The maximum Gasteiger partial charge on any atom is 0.339 e. The third kappa shape index (κ3) is 3.39. The number of aromatic nitrogens is 1. The molecule has 0 spiro atoms. The van der Waals surface area contributed by atoms with E-state index in [0.717, 1.165) is 0 Å². The number of fused-ring (bicyclic) bond motifs is 1. The standard InChI is InChI=1S/C17H10ClN3O4/c18-10-1-4-15-13(5-10)21-16(25-15)9(7-19)8-20-11-2-3-14(22)12(6-11)17(23)24/h1-6,8,20,22H,(H,23,24). The second-order valence-electron chi connectivity index (χ2n) is 4.98. The fourth-order valence-corrected chi connectivity index (χ4v) is 2.28. The first-order valence-corrected chi connectivity index (χ1v) is 7.35. The summed E-state index contributed by atoms with van der Waals surface area (Å²) in [4.78, 5) is 15.2. The topological polar surface area (TPSA) is 119 Å². The smallest absolute Gasteiger partial charge is 0.339 e. The maximum absolute atomic E-state index is 11.0. The Kier molecular flexibility index (Phi) is 4.29. The van der Waals surface area contributed by atoms with E-state index in [1.54, 1.807) is 18.2 Å². The predicted octanol–water partition coefficient (Wildman–Crippen LogP) is 3.86. The van der Waals surface area contributed by atoms with Crippen LogP contribution in [0.3, 0.4) is 0 Å². The number of carboxylic acid groups (broad SMARTS) is 1. The maximum atomic E-state index is 11.0. The van der Waals surface area contributed by atoms with Gasteiger partial charge in [-0.3, -0.25) is 0 Å². The van der Waals surface area contributed by atoms with Gasteiger partial charge in [-0.2, -0.15) is 5.26 Å². The number of hydrogen-bond donors (Lipinski definition) is 3. The highest BCUT2D eigenvalue weighted by molar-refractivity contribution is 6.31. The number of nitriles is 1. The van der Waals surface area contributed by atoms with Crippen LogP contribution in [0.5, 0.6) is 5.75 Å². The number of anilines is 1. The molecule has 124 valence electrons. The fourth-order valence-electron chi connectivity index (χ4n) is 2.11. The minimum Gasteiger partial charge on any atom is -0.507 e. The van der Waals surface area contributed by atoms with Gasteiger partial charge in [-0.05, 0) is 36.4 Å². The Balaban J connectivity index is 1.91. The molecule has 0 aliphatic carbocycles. The van der Waals surface area contributed by atoms with Crippen LogP contribution in [-0.4, -0.2) is 21.2 Å². The lowest BCUT2D eigenvalue weighted by Gasteiger charge is -2.04. The lowest BCUT2D eigenvalue weighted by Crippen LogP contribution is -1.99. The predicted molar refractivity (Wildman–Crippen MR) is 91.3 cm³/mol. The van der Waals surface area contributed by atoms with Gasteiger partial charge < -0.3 is 19.9 Å². The Labute approximate surface area is 146 Å². The Bertz CT molecular complexity index is 1050. The van der Waals surface area contributed by atoms with Crippen molar-refractivity contribution in [3.8, 4) is 11.8 Å². The monoisotopic (exact) mass is 355 g/mol. The molecule has 3 rings (SSSR count). The molecule has 0 aliphatic heterocycles. The molecular formula is C17H10ClN3O4. The molecular weight excluding hydrogens is 346 g/mol.